The van der Waals surface area contributed by atoms with E-state index in [0.29, 0.717) is 5.82 Å². The van der Waals surface area contributed by atoms with Gasteiger partial charge in [-0.25, -0.2) is 9.97 Å². The van der Waals surface area contributed by atoms with Gasteiger partial charge in [-0.1, -0.05) is 19.9 Å². The number of aromatic nitrogens is 2. The van der Waals surface area contributed by atoms with Crippen LogP contribution in [-0.2, 0) is 0 Å². The maximum absolute atomic E-state index is 5.76. The Labute approximate surface area is 90.4 Å². The van der Waals surface area contributed by atoms with Gasteiger partial charge in [0.05, 0.1) is 5.52 Å². The number of rotatable bonds is 0. The molecule has 3 nitrogen and oxygen atoms in total. The molecule has 0 aliphatic rings. The number of hydrogen-bond donors (Lipinski definition) is 1. The Morgan fingerprint density at radius 2 is 1.73 bits per heavy atom. The van der Waals surface area contributed by atoms with E-state index in [4.69, 9.17) is 5.73 Å². The Kier molecular flexibility index (Phi) is 3.61. The van der Waals surface area contributed by atoms with Gasteiger partial charge >= 0.3 is 0 Å². The van der Waals surface area contributed by atoms with Crippen LogP contribution in [0.2, 0.25) is 0 Å². The summed E-state index contributed by atoms with van der Waals surface area (Å²) in [4.78, 5) is 8.40. The molecule has 2 rings (SSSR count). The molecule has 0 amide bonds. The summed E-state index contributed by atoms with van der Waals surface area (Å²) in [6, 6.07) is 5.98. The third-order valence-electron chi connectivity index (χ3n) is 1.99. The van der Waals surface area contributed by atoms with E-state index in [1.807, 2.05) is 45.9 Å². The number of nitrogens with two attached hydrogens (primary N) is 1. The molecule has 0 fully saturated rings. The van der Waals surface area contributed by atoms with Crippen LogP contribution in [0.3, 0.4) is 0 Å². The zero-order valence-electron chi connectivity index (χ0n) is 9.70. The third kappa shape index (κ3) is 2.43. The Morgan fingerprint density at radius 3 is 2.40 bits per heavy atom. The molecule has 1 aromatic carbocycles. The lowest BCUT2D eigenvalue weighted by molar-refractivity contribution is 1.10. The predicted molar refractivity (Wildman–Crippen MR) is 64.8 cm³/mol. The van der Waals surface area contributed by atoms with Gasteiger partial charge in [0.25, 0.3) is 0 Å². The smallest absolute Gasteiger partial charge is 0.135 e. The first kappa shape index (κ1) is 11.4. The van der Waals surface area contributed by atoms with Crippen LogP contribution < -0.4 is 5.73 Å². The lowest BCUT2D eigenvalue weighted by Crippen LogP contribution is -1.97. The monoisotopic (exact) mass is 203 g/mol. The van der Waals surface area contributed by atoms with Gasteiger partial charge < -0.3 is 5.73 Å². The van der Waals surface area contributed by atoms with Crippen LogP contribution in [0.1, 0.15) is 25.2 Å². The molecule has 2 N–H and O–H groups in total. The van der Waals surface area contributed by atoms with Crippen molar-refractivity contribution in [2.24, 2.45) is 0 Å². The van der Waals surface area contributed by atoms with Crippen molar-refractivity contribution in [2.75, 3.05) is 5.73 Å². The van der Waals surface area contributed by atoms with E-state index in [0.717, 1.165) is 16.7 Å². The Morgan fingerprint density at radius 1 is 1.07 bits per heavy atom. The first-order valence-electron chi connectivity index (χ1n) is 5.17. The van der Waals surface area contributed by atoms with Crippen LogP contribution in [0.15, 0.2) is 18.2 Å². The highest BCUT2D eigenvalue weighted by atomic mass is 14.9. The van der Waals surface area contributed by atoms with Gasteiger partial charge in [0.2, 0.25) is 0 Å². The van der Waals surface area contributed by atoms with Gasteiger partial charge in [-0.05, 0) is 31.5 Å². The van der Waals surface area contributed by atoms with Gasteiger partial charge in [-0.3, -0.25) is 0 Å². The molecule has 1 heterocycles. The summed E-state index contributed by atoms with van der Waals surface area (Å²) in [6.45, 7) is 7.88. The largest absolute Gasteiger partial charge is 0.383 e. The minimum absolute atomic E-state index is 0.558. The number of anilines is 1. The number of aryl methyl sites for hydroxylation is 2. The standard InChI is InChI=1S/C10H11N3.C2H6/c1-6-3-4-8-9(5-6)12-7(2)13-10(8)11;1-2/h3-5H,1-2H3,(H2,11,12,13);1-2H3. The second-order valence-corrected chi connectivity index (χ2v) is 3.18. The lowest BCUT2D eigenvalue weighted by Gasteiger charge is -2.02. The zero-order chi connectivity index (χ0) is 11.4. The van der Waals surface area contributed by atoms with E-state index in [-0.39, 0.29) is 0 Å². The first-order chi connectivity index (χ1) is 7.16. The Balaban J connectivity index is 0.000000531. The molecular formula is C12H17N3. The van der Waals surface area contributed by atoms with E-state index in [9.17, 15) is 0 Å². The molecule has 0 spiro atoms. The van der Waals surface area contributed by atoms with Crippen molar-refractivity contribution in [1.29, 1.82) is 0 Å². The van der Waals surface area contributed by atoms with Crippen LogP contribution >= 0.6 is 0 Å². The number of fused-ring (bicyclic) bond motifs is 1. The van der Waals surface area contributed by atoms with Crippen LogP contribution in [0, 0.1) is 13.8 Å². The maximum Gasteiger partial charge on any atom is 0.135 e. The van der Waals surface area contributed by atoms with Crippen molar-refractivity contribution < 1.29 is 0 Å². The van der Waals surface area contributed by atoms with E-state index in [2.05, 4.69) is 9.97 Å². The second kappa shape index (κ2) is 4.73. The van der Waals surface area contributed by atoms with Gasteiger partial charge in [-0.15, -0.1) is 0 Å². The second-order valence-electron chi connectivity index (χ2n) is 3.18. The third-order valence-corrected chi connectivity index (χ3v) is 1.99. The van der Waals surface area contributed by atoms with E-state index >= 15 is 0 Å². The quantitative estimate of drug-likeness (QED) is 0.716. The van der Waals surface area contributed by atoms with E-state index in [1.165, 1.54) is 5.56 Å². The summed E-state index contributed by atoms with van der Waals surface area (Å²) in [7, 11) is 0. The highest BCUT2D eigenvalue weighted by Crippen LogP contribution is 2.18. The zero-order valence-corrected chi connectivity index (χ0v) is 9.70. The molecule has 3 heteroatoms. The highest BCUT2D eigenvalue weighted by Gasteiger charge is 2.01. The van der Waals surface area contributed by atoms with Gasteiger partial charge in [0.1, 0.15) is 11.6 Å². The average Bonchev–Trinajstić information content (AvgIpc) is 2.19. The van der Waals surface area contributed by atoms with E-state index < -0.39 is 0 Å². The number of nitrogens with zero attached hydrogens (tertiary/aromatic N) is 2. The molecule has 0 aliphatic carbocycles. The number of nitrogen functional groups attached to an aromatic ring is 1. The summed E-state index contributed by atoms with van der Waals surface area (Å²) in [6.07, 6.45) is 0. The van der Waals surface area contributed by atoms with Crippen LogP contribution in [0.25, 0.3) is 10.9 Å². The fraction of sp³-hybridized carbons (Fsp3) is 0.333. The number of benzene rings is 1. The summed E-state index contributed by atoms with van der Waals surface area (Å²) in [5.74, 6) is 1.28. The predicted octanol–water partition coefficient (Wildman–Crippen LogP) is 2.86. The molecule has 0 unspecified atom stereocenters. The molecule has 1 aromatic heterocycles. The molecule has 0 bridgehead atoms. The molecule has 80 valence electrons. The summed E-state index contributed by atoms with van der Waals surface area (Å²) in [5.41, 5.74) is 7.86. The van der Waals surface area contributed by atoms with Crippen LogP contribution in [-0.4, -0.2) is 9.97 Å². The van der Waals surface area contributed by atoms with Crippen molar-refractivity contribution in [2.45, 2.75) is 27.7 Å². The summed E-state index contributed by atoms with van der Waals surface area (Å²) < 4.78 is 0. The van der Waals surface area contributed by atoms with Gasteiger partial charge in [0.15, 0.2) is 0 Å². The normalized spacial score (nSPS) is 9.60. The molecule has 2 aromatic rings. The fourth-order valence-corrected chi connectivity index (χ4v) is 1.38. The topological polar surface area (TPSA) is 51.8 Å². The average molecular weight is 203 g/mol. The van der Waals surface area contributed by atoms with Crippen molar-refractivity contribution in [1.82, 2.24) is 9.97 Å². The molecule has 0 radical (unpaired) electrons. The molecule has 0 saturated carbocycles. The SMILES string of the molecule is CC.Cc1ccc2c(N)nc(C)nc2c1. The molecular weight excluding hydrogens is 186 g/mol. The summed E-state index contributed by atoms with van der Waals surface area (Å²) in [5, 5.41) is 0.927. The van der Waals surface area contributed by atoms with Crippen molar-refractivity contribution >= 4 is 16.7 Å². The van der Waals surface area contributed by atoms with Crippen molar-refractivity contribution in [3.8, 4) is 0 Å². The molecule has 0 aliphatic heterocycles. The van der Waals surface area contributed by atoms with Gasteiger partial charge in [-0.2, -0.15) is 0 Å². The molecule has 0 saturated heterocycles. The Hall–Kier alpha value is -1.64. The first-order valence-corrected chi connectivity index (χ1v) is 5.17. The number of hydrogen-bond acceptors (Lipinski definition) is 3. The van der Waals surface area contributed by atoms with Crippen LogP contribution in [0.4, 0.5) is 5.82 Å². The fourth-order valence-electron chi connectivity index (χ4n) is 1.38. The van der Waals surface area contributed by atoms with Crippen LogP contribution in [0.5, 0.6) is 0 Å². The lowest BCUT2D eigenvalue weighted by atomic mass is 10.1. The van der Waals surface area contributed by atoms with Gasteiger partial charge in [0, 0.05) is 5.39 Å². The van der Waals surface area contributed by atoms with E-state index in [1.54, 1.807) is 0 Å². The minimum Gasteiger partial charge on any atom is -0.383 e. The maximum atomic E-state index is 5.76. The minimum atomic E-state index is 0.558. The molecule has 15 heavy (non-hydrogen) atoms. The Bertz CT molecular complexity index is 458. The van der Waals surface area contributed by atoms with Crippen molar-refractivity contribution in [3.05, 3.63) is 29.6 Å². The highest BCUT2D eigenvalue weighted by molar-refractivity contribution is 5.88. The summed E-state index contributed by atoms with van der Waals surface area (Å²) >= 11 is 0. The van der Waals surface area contributed by atoms with Crippen molar-refractivity contribution in [3.63, 3.8) is 0 Å². The molecule has 0 atom stereocenters.